The van der Waals surface area contributed by atoms with E-state index in [1.165, 1.54) is 17.8 Å². The van der Waals surface area contributed by atoms with Crippen molar-refractivity contribution in [2.75, 3.05) is 12.4 Å². The van der Waals surface area contributed by atoms with Crippen molar-refractivity contribution in [1.29, 1.82) is 0 Å². The zero-order valence-corrected chi connectivity index (χ0v) is 16.9. The summed E-state index contributed by atoms with van der Waals surface area (Å²) in [4.78, 5) is 29.5. The first-order valence-electron chi connectivity index (χ1n) is 8.33. The molecule has 142 valence electrons. The van der Waals surface area contributed by atoms with Gasteiger partial charge in [0.1, 0.15) is 5.69 Å². The molecule has 0 aliphatic carbocycles. The van der Waals surface area contributed by atoms with Crippen LogP contribution in [0.4, 0.5) is 5.69 Å². The van der Waals surface area contributed by atoms with Crippen LogP contribution in [0.3, 0.4) is 0 Å². The van der Waals surface area contributed by atoms with Gasteiger partial charge in [-0.1, -0.05) is 23.2 Å². The molecule has 0 spiro atoms. The van der Waals surface area contributed by atoms with E-state index in [1.807, 2.05) is 0 Å². The van der Waals surface area contributed by atoms with Crippen LogP contribution in [0.1, 0.15) is 26.4 Å². The summed E-state index contributed by atoms with van der Waals surface area (Å²) in [5.41, 5.74) is 2.13. The van der Waals surface area contributed by atoms with Crippen molar-refractivity contribution in [3.63, 3.8) is 0 Å². The lowest BCUT2D eigenvalue weighted by Crippen LogP contribution is -2.23. The summed E-state index contributed by atoms with van der Waals surface area (Å²) in [5.74, 6) is -0.488. The lowest BCUT2D eigenvalue weighted by Gasteiger charge is -2.14. The third kappa shape index (κ3) is 3.88. The third-order valence-electron chi connectivity index (χ3n) is 4.01. The Bertz CT molecular complexity index is 1080. The maximum Gasteiger partial charge on any atom is 0.274 e. The fourth-order valence-electron chi connectivity index (χ4n) is 2.76. The maximum atomic E-state index is 13.0. The molecule has 10 heteroatoms. The van der Waals surface area contributed by atoms with Crippen LogP contribution in [0.15, 0.2) is 36.5 Å². The molecule has 0 aliphatic heterocycles. The number of aromatic nitrogens is 3. The molecule has 7 nitrogen and oxygen atoms in total. The van der Waals surface area contributed by atoms with Crippen molar-refractivity contribution >= 4 is 54.1 Å². The van der Waals surface area contributed by atoms with Crippen molar-refractivity contribution in [3.8, 4) is 5.82 Å². The Kier molecular flexibility index (Phi) is 5.72. The fourth-order valence-corrected chi connectivity index (χ4v) is 3.23. The topological polar surface area (TPSA) is 88.9 Å². The molecule has 0 atom stereocenters. The average molecular weight is 416 g/mol. The van der Waals surface area contributed by atoms with Gasteiger partial charge in [0.15, 0.2) is 13.7 Å². The van der Waals surface area contributed by atoms with Crippen LogP contribution in [-0.2, 0) is 0 Å². The first-order chi connectivity index (χ1) is 13.3. The molecule has 28 heavy (non-hydrogen) atoms. The standard InChI is InChI=1S/C18H16BCl2N5O2/c1-9-6-10(20)7-11(17(27)22-2)15(9)24-18(28)13-8-14(19)25-26(13)16-12(21)4-3-5-23-16/h3-8H,19H2,1-2H3,(H,22,27)(H,24,28). The van der Waals surface area contributed by atoms with E-state index in [1.54, 1.807) is 45.2 Å². The minimum absolute atomic E-state index is 0.232. The number of rotatable bonds is 4. The number of pyridine rings is 1. The zero-order valence-electron chi connectivity index (χ0n) is 15.4. The van der Waals surface area contributed by atoms with Crippen LogP contribution in [0.5, 0.6) is 0 Å². The summed E-state index contributed by atoms with van der Waals surface area (Å²) in [6.07, 6.45) is 1.56. The van der Waals surface area contributed by atoms with Crippen molar-refractivity contribution in [2.24, 2.45) is 0 Å². The number of benzene rings is 1. The Hall–Kier alpha value is -2.84. The van der Waals surface area contributed by atoms with Crippen LogP contribution in [0, 0.1) is 6.92 Å². The molecular formula is C18H16BCl2N5O2. The fraction of sp³-hybridized carbons (Fsp3) is 0.111. The quantitative estimate of drug-likeness (QED) is 0.635. The van der Waals surface area contributed by atoms with E-state index in [4.69, 9.17) is 23.2 Å². The smallest absolute Gasteiger partial charge is 0.274 e. The zero-order chi connectivity index (χ0) is 20.4. The van der Waals surface area contributed by atoms with Crippen molar-refractivity contribution < 1.29 is 9.59 Å². The Morgan fingerprint density at radius 1 is 1.18 bits per heavy atom. The van der Waals surface area contributed by atoms with Crippen LogP contribution in [-0.4, -0.2) is 41.5 Å². The van der Waals surface area contributed by atoms with E-state index in [0.29, 0.717) is 32.7 Å². The molecule has 3 rings (SSSR count). The van der Waals surface area contributed by atoms with Gasteiger partial charge < -0.3 is 10.6 Å². The molecule has 2 N–H and O–H groups in total. The highest BCUT2D eigenvalue weighted by Gasteiger charge is 2.21. The predicted molar refractivity (Wildman–Crippen MR) is 112 cm³/mol. The number of carbonyl (C=O) groups is 2. The highest BCUT2D eigenvalue weighted by molar-refractivity contribution is 6.33. The van der Waals surface area contributed by atoms with E-state index in [-0.39, 0.29) is 17.2 Å². The summed E-state index contributed by atoms with van der Waals surface area (Å²) in [7, 11) is 3.26. The van der Waals surface area contributed by atoms with Gasteiger partial charge in [-0.15, -0.1) is 0 Å². The number of hydrogen-bond acceptors (Lipinski definition) is 4. The predicted octanol–water partition coefficient (Wildman–Crippen LogP) is 1.75. The molecule has 0 radical (unpaired) electrons. The molecule has 2 amide bonds. The molecule has 0 aliphatic rings. The summed E-state index contributed by atoms with van der Waals surface area (Å²) in [6, 6.07) is 8.14. The van der Waals surface area contributed by atoms with E-state index in [9.17, 15) is 9.59 Å². The molecule has 1 aromatic carbocycles. The monoisotopic (exact) mass is 415 g/mol. The van der Waals surface area contributed by atoms with E-state index < -0.39 is 5.91 Å². The highest BCUT2D eigenvalue weighted by Crippen LogP contribution is 2.26. The Morgan fingerprint density at radius 2 is 1.93 bits per heavy atom. The Labute approximate surface area is 172 Å². The molecule has 0 saturated heterocycles. The second-order valence-electron chi connectivity index (χ2n) is 6.07. The van der Waals surface area contributed by atoms with Gasteiger partial charge in [0.05, 0.1) is 16.3 Å². The molecule has 0 unspecified atom stereocenters. The van der Waals surface area contributed by atoms with E-state index in [0.717, 1.165) is 0 Å². The maximum absolute atomic E-state index is 13.0. The van der Waals surface area contributed by atoms with E-state index in [2.05, 4.69) is 20.7 Å². The molecule has 2 heterocycles. The second kappa shape index (κ2) is 8.04. The van der Waals surface area contributed by atoms with Crippen LogP contribution >= 0.6 is 23.2 Å². The lowest BCUT2D eigenvalue weighted by molar-refractivity contribution is 0.0964. The van der Waals surface area contributed by atoms with Gasteiger partial charge in [-0.05, 0) is 42.8 Å². The van der Waals surface area contributed by atoms with Gasteiger partial charge in [0.25, 0.3) is 11.8 Å². The summed E-state index contributed by atoms with van der Waals surface area (Å²) in [5, 5.41) is 10.4. The van der Waals surface area contributed by atoms with Gasteiger partial charge in [0, 0.05) is 23.9 Å². The largest absolute Gasteiger partial charge is 0.355 e. The van der Waals surface area contributed by atoms with E-state index >= 15 is 0 Å². The number of nitrogens with one attached hydrogen (secondary N) is 2. The molecule has 2 aromatic heterocycles. The van der Waals surface area contributed by atoms with Crippen molar-refractivity contribution in [2.45, 2.75) is 6.92 Å². The number of halogens is 2. The molecule has 3 aromatic rings. The van der Waals surface area contributed by atoms with Gasteiger partial charge >= 0.3 is 0 Å². The van der Waals surface area contributed by atoms with Crippen molar-refractivity contribution in [1.82, 2.24) is 20.1 Å². The van der Waals surface area contributed by atoms with Gasteiger partial charge in [-0.3, -0.25) is 9.59 Å². The Morgan fingerprint density at radius 3 is 2.61 bits per heavy atom. The molecule has 0 bridgehead atoms. The number of aryl methyl sites for hydroxylation is 1. The number of nitrogens with zero attached hydrogens (tertiary/aromatic N) is 3. The third-order valence-corrected chi connectivity index (χ3v) is 4.53. The van der Waals surface area contributed by atoms with Gasteiger partial charge in [0.2, 0.25) is 0 Å². The summed E-state index contributed by atoms with van der Waals surface area (Å²) < 4.78 is 1.37. The number of amides is 2. The average Bonchev–Trinajstić information content (AvgIpc) is 3.05. The Balaban J connectivity index is 2.05. The lowest BCUT2D eigenvalue weighted by atomic mass is 10.0. The van der Waals surface area contributed by atoms with Crippen molar-refractivity contribution in [3.05, 3.63) is 63.4 Å². The normalized spacial score (nSPS) is 10.6. The minimum Gasteiger partial charge on any atom is -0.355 e. The van der Waals surface area contributed by atoms with Crippen LogP contribution in [0.2, 0.25) is 10.0 Å². The number of hydrogen-bond donors (Lipinski definition) is 2. The second-order valence-corrected chi connectivity index (χ2v) is 6.91. The summed E-state index contributed by atoms with van der Waals surface area (Å²) in [6.45, 7) is 1.76. The first-order valence-corrected chi connectivity index (χ1v) is 9.08. The SMILES string of the molecule is Bc1cc(C(=O)Nc2c(C)cc(Cl)cc2C(=O)NC)n(-c2ncccc2Cl)n1. The van der Waals surface area contributed by atoms with Gasteiger partial charge in [-0.2, -0.15) is 5.10 Å². The minimum atomic E-state index is -0.460. The number of anilines is 1. The first kappa shape index (κ1) is 19.9. The van der Waals surface area contributed by atoms with Crippen LogP contribution in [0.25, 0.3) is 5.82 Å². The number of carbonyl (C=O) groups excluding carboxylic acids is 2. The molecule has 0 saturated carbocycles. The summed E-state index contributed by atoms with van der Waals surface area (Å²) >= 11 is 12.3. The van der Waals surface area contributed by atoms with Gasteiger partial charge in [-0.25, -0.2) is 9.67 Å². The van der Waals surface area contributed by atoms with Crippen LogP contribution < -0.4 is 16.2 Å². The molecular weight excluding hydrogens is 400 g/mol. The molecule has 0 fully saturated rings. The highest BCUT2D eigenvalue weighted by atomic mass is 35.5.